The molecule has 0 radical (unpaired) electrons. The first-order chi connectivity index (χ1) is 10.6. The van der Waals surface area contributed by atoms with Crippen LogP contribution < -0.4 is 15.2 Å². The number of nitrogens with one attached hydrogen (secondary N) is 1. The molecule has 0 spiro atoms. The number of ether oxygens (including phenoxy) is 1. The molecule has 0 atom stereocenters. The van der Waals surface area contributed by atoms with Crippen molar-refractivity contribution in [3.05, 3.63) is 42.5 Å². The number of nitrogen functional groups attached to an aromatic ring is 1. The Bertz CT molecular complexity index is 939. The summed E-state index contributed by atoms with van der Waals surface area (Å²) in [6.07, 6.45) is 0. The molecule has 0 saturated carbocycles. The van der Waals surface area contributed by atoms with Crippen LogP contribution in [0, 0.1) is 0 Å². The molecule has 0 aliphatic heterocycles. The third-order valence-electron chi connectivity index (χ3n) is 2.90. The van der Waals surface area contributed by atoms with Gasteiger partial charge < -0.3 is 10.5 Å². The lowest BCUT2D eigenvalue weighted by Crippen LogP contribution is -2.13. The number of rotatable bonds is 5. The standard InChI is InChI=1S/C13H14N2O6S2/c1-21-13-8-10(5-6-12(13)14)22(16,17)15-9-3-2-4-11(7-9)23(18,19)20/h2-8,15H,14H2,1H3,(H,18,19,20). The fraction of sp³-hybridized carbons (Fsp3) is 0.0769. The summed E-state index contributed by atoms with van der Waals surface area (Å²) in [5, 5.41) is 0. The molecular formula is C13H14N2O6S2. The summed E-state index contributed by atoms with van der Waals surface area (Å²) in [6.45, 7) is 0. The van der Waals surface area contributed by atoms with Gasteiger partial charge in [-0.2, -0.15) is 8.42 Å². The third-order valence-corrected chi connectivity index (χ3v) is 5.13. The fourth-order valence-corrected chi connectivity index (χ4v) is 3.38. The van der Waals surface area contributed by atoms with Gasteiger partial charge in [0.05, 0.1) is 28.3 Å². The van der Waals surface area contributed by atoms with Crippen molar-refractivity contribution >= 4 is 31.5 Å². The highest BCUT2D eigenvalue weighted by Crippen LogP contribution is 2.26. The van der Waals surface area contributed by atoms with Crippen LogP contribution in [0.3, 0.4) is 0 Å². The number of methoxy groups -OCH3 is 1. The van der Waals surface area contributed by atoms with Gasteiger partial charge in [0, 0.05) is 6.07 Å². The van der Waals surface area contributed by atoms with Gasteiger partial charge in [0.1, 0.15) is 5.75 Å². The maximum atomic E-state index is 12.3. The van der Waals surface area contributed by atoms with E-state index in [0.29, 0.717) is 0 Å². The summed E-state index contributed by atoms with van der Waals surface area (Å²) in [7, 11) is -7.07. The van der Waals surface area contributed by atoms with Gasteiger partial charge in [0.15, 0.2) is 0 Å². The molecule has 2 aromatic rings. The Morgan fingerprint density at radius 2 is 1.74 bits per heavy atom. The van der Waals surface area contributed by atoms with Crippen molar-refractivity contribution in [2.75, 3.05) is 17.6 Å². The average molecular weight is 358 g/mol. The highest BCUT2D eigenvalue weighted by Gasteiger charge is 2.17. The Morgan fingerprint density at radius 3 is 2.35 bits per heavy atom. The van der Waals surface area contributed by atoms with Crippen LogP contribution in [0.15, 0.2) is 52.3 Å². The molecule has 124 valence electrons. The molecule has 0 aromatic heterocycles. The maximum absolute atomic E-state index is 12.3. The van der Waals surface area contributed by atoms with Crippen LogP contribution in [-0.4, -0.2) is 28.5 Å². The van der Waals surface area contributed by atoms with E-state index in [-0.39, 0.29) is 22.0 Å². The van der Waals surface area contributed by atoms with E-state index in [2.05, 4.69) is 4.72 Å². The largest absolute Gasteiger partial charge is 0.495 e. The Hall–Kier alpha value is -2.30. The lowest BCUT2D eigenvalue weighted by Gasteiger charge is -2.11. The van der Waals surface area contributed by atoms with E-state index >= 15 is 0 Å². The normalized spacial score (nSPS) is 11.9. The van der Waals surface area contributed by atoms with E-state index in [9.17, 15) is 16.8 Å². The summed E-state index contributed by atoms with van der Waals surface area (Å²) in [6, 6.07) is 8.69. The van der Waals surface area contributed by atoms with Crippen LogP contribution >= 0.6 is 0 Å². The molecule has 0 fully saturated rings. The van der Waals surface area contributed by atoms with Crippen molar-refractivity contribution < 1.29 is 26.1 Å². The monoisotopic (exact) mass is 358 g/mol. The molecule has 0 bridgehead atoms. The number of nitrogens with two attached hydrogens (primary N) is 1. The van der Waals surface area contributed by atoms with Gasteiger partial charge in [-0.3, -0.25) is 9.27 Å². The summed E-state index contributed by atoms with van der Waals surface area (Å²) >= 11 is 0. The van der Waals surface area contributed by atoms with E-state index in [1.165, 1.54) is 37.4 Å². The minimum absolute atomic E-state index is 0.0177. The molecule has 0 amide bonds. The molecule has 2 aromatic carbocycles. The first-order valence-corrected chi connectivity index (χ1v) is 9.10. The number of anilines is 2. The molecule has 8 nitrogen and oxygen atoms in total. The lowest BCUT2D eigenvalue weighted by atomic mass is 10.3. The van der Waals surface area contributed by atoms with Gasteiger partial charge in [-0.25, -0.2) is 8.42 Å². The van der Waals surface area contributed by atoms with E-state index in [0.717, 1.165) is 12.1 Å². The number of hydrogen-bond acceptors (Lipinski definition) is 6. The summed E-state index contributed by atoms with van der Waals surface area (Å²) in [4.78, 5) is -0.534. The van der Waals surface area contributed by atoms with Crippen LogP contribution in [0.2, 0.25) is 0 Å². The Balaban J connectivity index is 2.39. The zero-order valence-corrected chi connectivity index (χ0v) is 13.6. The highest BCUT2D eigenvalue weighted by atomic mass is 32.2. The molecule has 0 saturated heterocycles. The van der Waals surface area contributed by atoms with Gasteiger partial charge in [-0.1, -0.05) is 6.07 Å². The molecule has 4 N–H and O–H groups in total. The molecule has 0 aliphatic carbocycles. The van der Waals surface area contributed by atoms with Crippen LogP contribution in [0.25, 0.3) is 0 Å². The van der Waals surface area contributed by atoms with Crippen molar-refractivity contribution in [3.8, 4) is 5.75 Å². The number of sulfonamides is 1. The lowest BCUT2D eigenvalue weighted by molar-refractivity contribution is 0.415. The zero-order valence-electron chi connectivity index (χ0n) is 11.9. The highest BCUT2D eigenvalue weighted by molar-refractivity contribution is 7.92. The second kappa shape index (κ2) is 6.07. The molecule has 2 rings (SSSR count). The third kappa shape index (κ3) is 3.92. The van der Waals surface area contributed by atoms with Gasteiger partial charge >= 0.3 is 0 Å². The average Bonchev–Trinajstić information content (AvgIpc) is 2.46. The SMILES string of the molecule is COc1cc(S(=O)(=O)Nc2cccc(S(=O)(=O)O)c2)ccc1N. The summed E-state index contributed by atoms with van der Waals surface area (Å²) in [5.41, 5.74) is 5.89. The Morgan fingerprint density at radius 1 is 1.04 bits per heavy atom. The van der Waals surface area contributed by atoms with Crippen LogP contribution in [0.4, 0.5) is 11.4 Å². The topological polar surface area (TPSA) is 136 Å². The van der Waals surface area contributed by atoms with Gasteiger partial charge in [0.2, 0.25) is 0 Å². The predicted molar refractivity (Wildman–Crippen MR) is 84.5 cm³/mol. The smallest absolute Gasteiger partial charge is 0.294 e. The predicted octanol–water partition coefficient (Wildman–Crippen LogP) is 1.32. The molecule has 10 heteroatoms. The second-order valence-corrected chi connectivity index (χ2v) is 7.62. The quantitative estimate of drug-likeness (QED) is 0.542. The molecule has 0 aliphatic rings. The van der Waals surface area contributed by atoms with Crippen molar-refractivity contribution in [3.63, 3.8) is 0 Å². The summed E-state index contributed by atoms with van der Waals surface area (Å²) in [5.74, 6) is 0.194. The van der Waals surface area contributed by atoms with Crippen molar-refractivity contribution in [2.45, 2.75) is 9.79 Å². The van der Waals surface area contributed by atoms with Gasteiger partial charge in [-0.05, 0) is 30.3 Å². The minimum Gasteiger partial charge on any atom is -0.495 e. The molecule has 0 unspecified atom stereocenters. The second-order valence-electron chi connectivity index (χ2n) is 4.51. The molecule has 0 heterocycles. The van der Waals surface area contributed by atoms with Crippen LogP contribution in [0.5, 0.6) is 5.75 Å². The van der Waals surface area contributed by atoms with Gasteiger partial charge in [-0.15, -0.1) is 0 Å². The van der Waals surface area contributed by atoms with E-state index < -0.39 is 25.0 Å². The number of hydrogen-bond donors (Lipinski definition) is 3. The van der Waals surface area contributed by atoms with Crippen molar-refractivity contribution in [1.82, 2.24) is 0 Å². The van der Waals surface area contributed by atoms with E-state index in [4.69, 9.17) is 15.0 Å². The van der Waals surface area contributed by atoms with Crippen LogP contribution in [0.1, 0.15) is 0 Å². The first-order valence-electron chi connectivity index (χ1n) is 6.17. The zero-order chi connectivity index (χ0) is 17.3. The maximum Gasteiger partial charge on any atom is 0.294 e. The Kier molecular flexibility index (Phi) is 4.50. The Labute approximate surface area is 133 Å². The van der Waals surface area contributed by atoms with Crippen molar-refractivity contribution in [2.24, 2.45) is 0 Å². The summed E-state index contributed by atoms with van der Waals surface area (Å²) < 4.78 is 63.0. The van der Waals surface area contributed by atoms with Crippen molar-refractivity contribution in [1.29, 1.82) is 0 Å². The van der Waals surface area contributed by atoms with Crippen LogP contribution in [-0.2, 0) is 20.1 Å². The minimum atomic E-state index is -4.43. The molecular weight excluding hydrogens is 344 g/mol. The molecule has 23 heavy (non-hydrogen) atoms. The van der Waals surface area contributed by atoms with E-state index in [1.54, 1.807) is 0 Å². The van der Waals surface area contributed by atoms with Gasteiger partial charge in [0.25, 0.3) is 20.1 Å². The van der Waals surface area contributed by atoms with E-state index in [1.807, 2.05) is 0 Å². The first kappa shape index (κ1) is 17.1. The number of benzene rings is 2. The fourth-order valence-electron chi connectivity index (χ4n) is 1.79.